The quantitative estimate of drug-likeness (QED) is 0.456. The largest absolute Gasteiger partial charge is 0.399 e. The van der Waals surface area contributed by atoms with Crippen molar-refractivity contribution in [2.45, 2.75) is 30.8 Å². The topological polar surface area (TPSA) is 52.6 Å². The molecule has 0 saturated carbocycles. The van der Waals surface area contributed by atoms with E-state index in [1.165, 1.54) is 0 Å². The number of terminal acetylenes is 1. The molecule has 4 nitrogen and oxygen atoms in total. The van der Waals surface area contributed by atoms with Gasteiger partial charge >= 0.3 is 0 Å². The van der Waals surface area contributed by atoms with Crippen LogP contribution in [0.25, 0.3) is 0 Å². The minimum atomic E-state index is -2.00. The van der Waals surface area contributed by atoms with Crippen LogP contribution in [0.3, 0.4) is 0 Å². The lowest BCUT2D eigenvalue weighted by atomic mass is 10.2. The Morgan fingerprint density at radius 2 is 1.41 bits per heavy atom. The summed E-state index contributed by atoms with van der Waals surface area (Å²) in [5.41, 5.74) is 0.991. The zero-order chi connectivity index (χ0) is 19.7. The van der Waals surface area contributed by atoms with E-state index in [0.29, 0.717) is 11.5 Å². The van der Waals surface area contributed by atoms with Crippen LogP contribution >= 0.6 is 0 Å². The lowest BCUT2D eigenvalue weighted by Gasteiger charge is -2.27. The Bertz CT molecular complexity index is 797. The highest BCUT2D eigenvalue weighted by Gasteiger charge is 2.46. The van der Waals surface area contributed by atoms with Crippen molar-refractivity contribution in [2.75, 3.05) is 0 Å². The highest BCUT2D eigenvalue weighted by Crippen LogP contribution is 2.32. The molecule has 2 unspecified atom stereocenters. The molecule has 0 heterocycles. The maximum Gasteiger partial charge on any atom is 0.230 e. The van der Waals surface area contributed by atoms with Gasteiger partial charge in [0.15, 0.2) is 0 Å². The van der Waals surface area contributed by atoms with Gasteiger partial charge in [0.1, 0.15) is 11.5 Å². The van der Waals surface area contributed by atoms with Gasteiger partial charge in [0.2, 0.25) is 26.2 Å². The van der Waals surface area contributed by atoms with Gasteiger partial charge in [0.05, 0.1) is 0 Å². The highest BCUT2D eigenvalue weighted by atomic mass is 32.3. The van der Waals surface area contributed by atoms with Gasteiger partial charge in [0.25, 0.3) is 0 Å². The molecule has 0 aliphatic carbocycles. The van der Waals surface area contributed by atoms with Gasteiger partial charge in [-0.1, -0.05) is 48.0 Å². The van der Waals surface area contributed by atoms with E-state index in [2.05, 4.69) is 5.92 Å². The van der Waals surface area contributed by atoms with Crippen LogP contribution in [0.1, 0.15) is 26.7 Å². The van der Waals surface area contributed by atoms with E-state index < -0.39 is 26.2 Å². The fourth-order valence-electron chi connectivity index (χ4n) is 2.18. The summed E-state index contributed by atoms with van der Waals surface area (Å²) in [6.07, 6.45) is 7.54. The highest BCUT2D eigenvalue weighted by molar-refractivity contribution is 8.00. The minimum Gasteiger partial charge on any atom is -0.399 e. The van der Waals surface area contributed by atoms with Crippen LogP contribution in [0.15, 0.2) is 72.3 Å². The number of hydrogen-bond donors (Lipinski definition) is 0. The number of rotatable bonds is 9. The van der Waals surface area contributed by atoms with Crippen LogP contribution in [0.5, 0.6) is 11.5 Å². The predicted octanol–water partition coefficient (Wildman–Crippen LogP) is 4.55. The van der Waals surface area contributed by atoms with Gasteiger partial charge in [0, 0.05) is 12.8 Å². The predicted molar refractivity (Wildman–Crippen MR) is 111 cm³/mol. The van der Waals surface area contributed by atoms with Crippen molar-refractivity contribution in [2.24, 2.45) is 0 Å². The van der Waals surface area contributed by atoms with Gasteiger partial charge in [-0.3, -0.25) is 0 Å². The minimum absolute atomic E-state index is 0.0321. The van der Waals surface area contributed by atoms with E-state index >= 15 is 0 Å². The third kappa shape index (κ3) is 5.81. The van der Waals surface area contributed by atoms with E-state index in [-0.39, 0.29) is 12.8 Å². The molecule has 2 rings (SSSR count). The van der Waals surface area contributed by atoms with Crippen LogP contribution in [0.2, 0.25) is 0 Å². The molecule has 6 heteroatoms. The Kier molecular flexibility index (Phi) is 7.83. The van der Waals surface area contributed by atoms with E-state index in [4.69, 9.17) is 14.8 Å². The molecule has 0 fully saturated rings. The van der Waals surface area contributed by atoms with Gasteiger partial charge in [-0.15, -0.1) is 12.3 Å². The van der Waals surface area contributed by atoms with Crippen molar-refractivity contribution in [3.05, 3.63) is 72.3 Å². The van der Waals surface area contributed by atoms with Crippen LogP contribution in [-0.2, 0) is 22.2 Å². The number of hydrogen-bond acceptors (Lipinski definition) is 4. The Morgan fingerprint density at radius 3 is 1.78 bits per heavy atom. The summed E-state index contributed by atoms with van der Waals surface area (Å²) in [6.45, 7) is 3.81. The fourth-order valence-corrected chi connectivity index (χ4v) is 4.54. The van der Waals surface area contributed by atoms with Crippen molar-refractivity contribution < 1.29 is 16.8 Å². The summed E-state index contributed by atoms with van der Waals surface area (Å²) in [6, 6.07) is 17.4. The van der Waals surface area contributed by atoms with Crippen LogP contribution in [0.4, 0.5) is 0 Å². The second-order valence-electron chi connectivity index (χ2n) is 6.04. The van der Waals surface area contributed by atoms with E-state index in [0.717, 1.165) is 5.57 Å². The molecule has 142 valence electrons. The Labute approximate surface area is 165 Å². The standard InChI is InChI=1S/C21H22O4S2/c1-4-16-21(17-15-18(2)3,26(22)24-19-11-7-5-8-12-19)27(23)25-20-13-9-6-10-14-20/h1,5-15H,16-17H2,2-3H3. The molecule has 0 aliphatic rings. The molecule has 2 aromatic rings. The van der Waals surface area contributed by atoms with Crippen molar-refractivity contribution in [1.82, 2.24) is 0 Å². The normalized spacial score (nSPS) is 14.9. The second-order valence-corrected chi connectivity index (χ2v) is 9.13. The zero-order valence-corrected chi connectivity index (χ0v) is 16.9. The maximum atomic E-state index is 13.2. The summed E-state index contributed by atoms with van der Waals surface area (Å²) >= 11 is -4.00. The van der Waals surface area contributed by atoms with Gasteiger partial charge in [-0.25, -0.2) is 8.42 Å². The molecule has 0 radical (unpaired) electrons. The molecule has 0 aliphatic heterocycles. The van der Waals surface area contributed by atoms with Crippen molar-refractivity contribution in [1.29, 1.82) is 0 Å². The Morgan fingerprint density at radius 1 is 0.963 bits per heavy atom. The van der Waals surface area contributed by atoms with Gasteiger partial charge < -0.3 is 8.37 Å². The molecule has 2 atom stereocenters. The number of benzene rings is 2. The SMILES string of the molecule is C#CCC(CC=C(C)C)(S(=O)Oc1ccccc1)S(=O)Oc1ccccc1. The zero-order valence-electron chi connectivity index (χ0n) is 15.3. The molecule has 0 aromatic heterocycles. The molecule has 0 N–H and O–H groups in total. The molecule has 0 spiro atoms. The second kappa shape index (κ2) is 10.1. The van der Waals surface area contributed by atoms with Gasteiger partial charge in [-0.05, 0) is 38.1 Å². The van der Waals surface area contributed by atoms with Crippen LogP contribution in [0, 0.1) is 12.3 Å². The smallest absolute Gasteiger partial charge is 0.230 e. The van der Waals surface area contributed by atoms with Crippen LogP contribution < -0.4 is 8.37 Å². The molecular weight excluding hydrogens is 380 g/mol. The molecule has 0 bridgehead atoms. The maximum absolute atomic E-state index is 13.2. The molecule has 2 aromatic carbocycles. The summed E-state index contributed by atoms with van der Waals surface area (Å²) in [7, 11) is 0. The average molecular weight is 403 g/mol. The summed E-state index contributed by atoms with van der Waals surface area (Å²) in [5.74, 6) is 3.31. The number of allylic oxidation sites excluding steroid dienone is 2. The Balaban J connectivity index is 2.38. The van der Waals surface area contributed by atoms with E-state index in [1.54, 1.807) is 48.5 Å². The summed E-state index contributed by atoms with van der Waals surface area (Å²) in [5, 5.41) is 0. The lowest BCUT2D eigenvalue weighted by Crippen LogP contribution is -2.43. The van der Waals surface area contributed by atoms with Gasteiger partial charge in [-0.2, -0.15) is 0 Å². The fraction of sp³-hybridized carbons (Fsp3) is 0.238. The first-order valence-corrected chi connectivity index (χ1v) is 10.5. The first-order chi connectivity index (χ1) is 13.0. The number of para-hydroxylation sites is 2. The van der Waals surface area contributed by atoms with Crippen molar-refractivity contribution >= 4 is 22.2 Å². The third-order valence-corrected chi connectivity index (χ3v) is 6.97. The molecule has 0 saturated heterocycles. The van der Waals surface area contributed by atoms with Crippen molar-refractivity contribution in [3.8, 4) is 23.8 Å². The van der Waals surface area contributed by atoms with Crippen LogP contribution in [-0.4, -0.2) is 12.5 Å². The average Bonchev–Trinajstić information content (AvgIpc) is 2.66. The Hall–Kier alpha value is -2.36. The molecule has 27 heavy (non-hydrogen) atoms. The molecule has 0 amide bonds. The molecular formula is C21H22O4S2. The van der Waals surface area contributed by atoms with E-state index in [1.807, 2.05) is 32.1 Å². The first kappa shape index (κ1) is 20.9. The van der Waals surface area contributed by atoms with E-state index in [9.17, 15) is 8.42 Å². The first-order valence-electron chi connectivity index (χ1n) is 8.35. The van der Waals surface area contributed by atoms with Crippen molar-refractivity contribution in [3.63, 3.8) is 0 Å². The summed E-state index contributed by atoms with van der Waals surface area (Å²) in [4.78, 5) is 0. The lowest BCUT2D eigenvalue weighted by molar-refractivity contribution is 0.506. The summed E-state index contributed by atoms with van der Waals surface area (Å²) < 4.78 is 36.1. The third-order valence-electron chi connectivity index (χ3n) is 3.63. The monoisotopic (exact) mass is 402 g/mol.